The van der Waals surface area contributed by atoms with Crippen molar-refractivity contribution < 1.29 is 4.39 Å². The average Bonchev–Trinajstić information content (AvgIpc) is 2.20. The lowest BCUT2D eigenvalue weighted by Crippen LogP contribution is -1.90. The molecular formula is C10H7FN2. The van der Waals surface area contributed by atoms with Gasteiger partial charge in [0, 0.05) is 5.56 Å². The maximum Gasteiger partial charge on any atom is 0.152 e. The number of rotatable bonds is 1. The fraction of sp³-hybridized carbons (Fsp3) is 0. The van der Waals surface area contributed by atoms with Gasteiger partial charge >= 0.3 is 0 Å². The summed E-state index contributed by atoms with van der Waals surface area (Å²) in [6.07, 6.45) is 1.34. The Hall–Kier alpha value is -1.77. The van der Waals surface area contributed by atoms with Crippen molar-refractivity contribution in [2.24, 2.45) is 0 Å². The molecule has 0 saturated heterocycles. The number of nitrogens with zero attached hydrogens (tertiary/aromatic N) is 2. The van der Waals surface area contributed by atoms with Gasteiger partial charge in [0.25, 0.3) is 0 Å². The molecule has 13 heavy (non-hydrogen) atoms. The Labute approximate surface area is 75.1 Å². The van der Waals surface area contributed by atoms with Crippen molar-refractivity contribution >= 4 is 0 Å². The van der Waals surface area contributed by atoms with Crippen LogP contribution in [-0.2, 0) is 0 Å². The topological polar surface area (TPSA) is 25.8 Å². The molecule has 0 radical (unpaired) electrons. The zero-order valence-electron chi connectivity index (χ0n) is 6.81. The SMILES string of the molecule is Fc1ccnnc1-c1ccccc1. The molecule has 0 atom stereocenters. The first-order chi connectivity index (χ1) is 6.38. The van der Waals surface area contributed by atoms with Crippen molar-refractivity contribution in [2.45, 2.75) is 0 Å². The van der Waals surface area contributed by atoms with Crippen LogP contribution in [0.15, 0.2) is 42.6 Å². The van der Waals surface area contributed by atoms with Crippen LogP contribution in [0, 0.1) is 5.82 Å². The van der Waals surface area contributed by atoms with E-state index in [4.69, 9.17) is 0 Å². The van der Waals surface area contributed by atoms with Gasteiger partial charge in [0.2, 0.25) is 0 Å². The van der Waals surface area contributed by atoms with Crippen LogP contribution < -0.4 is 0 Å². The molecule has 1 aromatic carbocycles. The van der Waals surface area contributed by atoms with E-state index >= 15 is 0 Å². The Morgan fingerprint density at radius 1 is 1.00 bits per heavy atom. The number of aromatic nitrogens is 2. The van der Waals surface area contributed by atoms with Crippen LogP contribution >= 0.6 is 0 Å². The van der Waals surface area contributed by atoms with Crippen LogP contribution in [-0.4, -0.2) is 10.2 Å². The minimum Gasteiger partial charge on any atom is -0.204 e. The smallest absolute Gasteiger partial charge is 0.152 e. The summed E-state index contributed by atoms with van der Waals surface area (Å²) in [5.41, 5.74) is 1.04. The Morgan fingerprint density at radius 3 is 2.46 bits per heavy atom. The highest BCUT2D eigenvalue weighted by Crippen LogP contribution is 2.17. The normalized spacial score (nSPS) is 9.92. The molecule has 1 heterocycles. The van der Waals surface area contributed by atoms with E-state index < -0.39 is 0 Å². The number of halogens is 1. The molecule has 3 heteroatoms. The molecule has 0 saturated carbocycles. The van der Waals surface area contributed by atoms with Gasteiger partial charge in [0.1, 0.15) is 5.69 Å². The lowest BCUT2D eigenvalue weighted by atomic mass is 10.1. The zero-order valence-corrected chi connectivity index (χ0v) is 6.81. The molecule has 0 spiro atoms. The molecule has 0 amide bonds. The van der Waals surface area contributed by atoms with E-state index in [1.54, 1.807) is 12.1 Å². The molecule has 0 bridgehead atoms. The molecule has 0 unspecified atom stereocenters. The fourth-order valence-electron chi connectivity index (χ4n) is 1.11. The summed E-state index contributed by atoms with van der Waals surface area (Å²) >= 11 is 0. The van der Waals surface area contributed by atoms with Crippen LogP contribution in [0.2, 0.25) is 0 Å². The largest absolute Gasteiger partial charge is 0.204 e. The molecule has 0 fully saturated rings. The highest BCUT2D eigenvalue weighted by Gasteiger charge is 2.04. The van der Waals surface area contributed by atoms with Crippen LogP contribution in [0.5, 0.6) is 0 Å². The second-order valence-corrected chi connectivity index (χ2v) is 2.59. The summed E-state index contributed by atoms with van der Waals surface area (Å²) < 4.78 is 13.2. The summed E-state index contributed by atoms with van der Waals surface area (Å²) in [7, 11) is 0. The molecule has 0 aliphatic heterocycles. The lowest BCUT2D eigenvalue weighted by molar-refractivity contribution is 0.620. The maximum atomic E-state index is 13.2. The van der Waals surface area contributed by atoms with E-state index in [0.29, 0.717) is 5.69 Å². The van der Waals surface area contributed by atoms with Gasteiger partial charge in [0.15, 0.2) is 5.82 Å². The quantitative estimate of drug-likeness (QED) is 0.662. The van der Waals surface area contributed by atoms with Crippen LogP contribution in [0.3, 0.4) is 0 Å². The van der Waals surface area contributed by atoms with Gasteiger partial charge in [-0.25, -0.2) is 4.39 Å². The van der Waals surface area contributed by atoms with Crippen molar-refractivity contribution in [3.63, 3.8) is 0 Å². The number of hydrogen-bond donors (Lipinski definition) is 0. The van der Waals surface area contributed by atoms with Crippen molar-refractivity contribution in [3.8, 4) is 11.3 Å². The summed E-state index contributed by atoms with van der Waals surface area (Å²) in [4.78, 5) is 0. The Balaban J connectivity index is 2.54. The highest BCUT2D eigenvalue weighted by atomic mass is 19.1. The lowest BCUT2D eigenvalue weighted by Gasteiger charge is -1.98. The molecule has 2 nitrogen and oxygen atoms in total. The van der Waals surface area contributed by atoms with Gasteiger partial charge in [0.05, 0.1) is 6.20 Å². The van der Waals surface area contributed by atoms with Crippen molar-refractivity contribution in [1.82, 2.24) is 10.2 Å². The molecule has 0 N–H and O–H groups in total. The van der Waals surface area contributed by atoms with Gasteiger partial charge in [-0.05, 0) is 6.07 Å². The van der Waals surface area contributed by atoms with E-state index in [0.717, 1.165) is 5.56 Å². The van der Waals surface area contributed by atoms with Crippen LogP contribution in [0.1, 0.15) is 0 Å². The van der Waals surface area contributed by atoms with Gasteiger partial charge < -0.3 is 0 Å². The monoisotopic (exact) mass is 174 g/mol. The van der Waals surface area contributed by atoms with E-state index in [1.807, 2.05) is 18.2 Å². The van der Waals surface area contributed by atoms with Gasteiger partial charge in [-0.15, -0.1) is 5.10 Å². The first-order valence-electron chi connectivity index (χ1n) is 3.90. The second-order valence-electron chi connectivity index (χ2n) is 2.59. The van der Waals surface area contributed by atoms with E-state index in [-0.39, 0.29) is 5.82 Å². The molecule has 1 aromatic heterocycles. The third kappa shape index (κ3) is 1.54. The van der Waals surface area contributed by atoms with Gasteiger partial charge in [-0.1, -0.05) is 30.3 Å². The number of hydrogen-bond acceptors (Lipinski definition) is 2. The minimum atomic E-state index is -0.346. The van der Waals surface area contributed by atoms with Crippen molar-refractivity contribution in [2.75, 3.05) is 0 Å². The van der Waals surface area contributed by atoms with E-state index in [1.165, 1.54) is 12.3 Å². The summed E-state index contributed by atoms with van der Waals surface area (Å²) in [5.74, 6) is -0.346. The molecule has 2 aromatic rings. The standard InChI is InChI=1S/C10H7FN2/c11-9-6-7-12-13-10(9)8-4-2-1-3-5-8/h1-7H. The molecule has 0 aliphatic carbocycles. The predicted octanol–water partition coefficient (Wildman–Crippen LogP) is 2.28. The second kappa shape index (κ2) is 3.31. The predicted molar refractivity (Wildman–Crippen MR) is 47.4 cm³/mol. The molecule has 0 aliphatic rings. The third-order valence-corrected chi connectivity index (χ3v) is 1.72. The van der Waals surface area contributed by atoms with E-state index in [9.17, 15) is 4.39 Å². The Morgan fingerprint density at radius 2 is 1.77 bits per heavy atom. The van der Waals surface area contributed by atoms with Crippen LogP contribution in [0.25, 0.3) is 11.3 Å². The molecule has 2 rings (SSSR count). The first kappa shape index (κ1) is 7.86. The van der Waals surface area contributed by atoms with Gasteiger partial charge in [-0.3, -0.25) is 0 Å². The summed E-state index contributed by atoms with van der Waals surface area (Å²) in [6, 6.07) is 10.4. The highest BCUT2D eigenvalue weighted by molar-refractivity contribution is 5.58. The Bertz CT molecular complexity index is 401. The molecule has 64 valence electrons. The van der Waals surface area contributed by atoms with Crippen molar-refractivity contribution in [1.29, 1.82) is 0 Å². The zero-order chi connectivity index (χ0) is 9.10. The Kier molecular flexibility index (Phi) is 2.00. The van der Waals surface area contributed by atoms with Gasteiger partial charge in [-0.2, -0.15) is 5.10 Å². The summed E-state index contributed by atoms with van der Waals surface area (Å²) in [5, 5.41) is 7.36. The minimum absolute atomic E-state index is 0.295. The first-order valence-corrected chi connectivity index (χ1v) is 3.90. The average molecular weight is 174 g/mol. The fourth-order valence-corrected chi connectivity index (χ4v) is 1.11. The number of benzene rings is 1. The van der Waals surface area contributed by atoms with Crippen molar-refractivity contribution in [3.05, 3.63) is 48.4 Å². The maximum absolute atomic E-state index is 13.2. The third-order valence-electron chi connectivity index (χ3n) is 1.72. The summed E-state index contributed by atoms with van der Waals surface area (Å²) in [6.45, 7) is 0. The van der Waals surface area contributed by atoms with E-state index in [2.05, 4.69) is 10.2 Å². The molecular weight excluding hydrogens is 167 g/mol. The van der Waals surface area contributed by atoms with Crippen LogP contribution in [0.4, 0.5) is 4.39 Å².